The first-order valence-electron chi connectivity index (χ1n) is 17.4. The molecule has 5 rings (SSSR count). The van der Waals surface area contributed by atoms with Gasteiger partial charge in [-0.3, -0.25) is 0 Å². The highest BCUT2D eigenvalue weighted by atomic mass is 32.2. The summed E-state index contributed by atoms with van der Waals surface area (Å²) in [5.74, 6) is 2.07. The lowest BCUT2D eigenvalue weighted by Crippen LogP contribution is -2.14. The van der Waals surface area contributed by atoms with Gasteiger partial charge in [0.1, 0.15) is 17.2 Å². The number of hydrogen-bond acceptors (Lipinski definition) is 5. The standard InChI is InChI=1S/C38H39NO4S.C5H12/c1-6-32(7-2)42-33-15-11-30(12-16-33)39(38-25-10-28(4)26-29(38)5)31-13-17-34(18-14-31)43-35-19-23-37(24-20-35)44(40,41)36-21-8-27(3)9-22-36;1-3-5-4-2/h8-26,32H,6-7H2,1-5H3;3-5H2,1-2H3. The summed E-state index contributed by atoms with van der Waals surface area (Å²) in [6, 6.07) is 36.0. The Bertz CT molecular complexity index is 1840. The molecule has 0 spiro atoms. The van der Waals surface area contributed by atoms with Gasteiger partial charge in [0.05, 0.1) is 15.9 Å². The van der Waals surface area contributed by atoms with Gasteiger partial charge in [0.2, 0.25) is 9.84 Å². The smallest absolute Gasteiger partial charge is 0.206 e. The van der Waals surface area contributed by atoms with Crippen LogP contribution in [0.3, 0.4) is 0 Å². The Kier molecular flexibility index (Phi) is 13.5. The van der Waals surface area contributed by atoms with Crippen LogP contribution in [0.15, 0.2) is 125 Å². The Morgan fingerprint density at radius 1 is 0.571 bits per heavy atom. The second kappa shape index (κ2) is 17.7. The zero-order valence-corrected chi connectivity index (χ0v) is 30.9. The minimum Gasteiger partial charge on any atom is -0.490 e. The molecule has 0 unspecified atom stereocenters. The Hall–Kier alpha value is -4.55. The molecule has 0 saturated heterocycles. The number of anilines is 3. The van der Waals surface area contributed by atoms with Crippen molar-refractivity contribution in [2.24, 2.45) is 0 Å². The van der Waals surface area contributed by atoms with Crippen molar-refractivity contribution in [2.75, 3.05) is 4.90 Å². The maximum atomic E-state index is 13.0. The number of unbranched alkanes of at least 4 members (excludes halogenated alkanes) is 2. The van der Waals surface area contributed by atoms with Crippen LogP contribution in [-0.4, -0.2) is 14.5 Å². The van der Waals surface area contributed by atoms with Crippen molar-refractivity contribution in [3.63, 3.8) is 0 Å². The third-order valence-corrected chi connectivity index (χ3v) is 10.2. The number of sulfone groups is 1. The van der Waals surface area contributed by atoms with E-state index in [1.54, 1.807) is 48.5 Å². The average Bonchev–Trinajstić information content (AvgIpc) is 3.10. The second-order valence-electron chi connectivity index (χ2n) is 12.4. The van der Waals surface area contributed by atoms with Crippen molar-refractivity contribution in [2.45, 2.75) is 96.5 Å². The fourth-order valence-corrected chi connectivity index (χ4v) is 6.76. The molecule has 0 aromatic heterocycles. The number of rotatable bonds is 13. The van der Waals surface area contributed by atoms with Crippen molar-refractivity contribution in [1.82, 2.24) is 0 Å². The lowest BCUT2D eigenvalue weighted by atomic mass is 10.1. The lowest BCUT2D eigenvalue weighted by molar-refractivity contribution is 0.193. The van der Waals surface area contributed by atoms with Crippen LogP contribution in [0.4, 0.5) is 17.1 Å². The van der Waals surface area contributed by atoms with Crippen molar-refractivity contribution in [1.29, 1.82) is 0 Å². The molecule has 0 aliphatic rings. The highest BCUT2D eigenvalue weighted by Gasteiger charge is 2.18. The van der Waals surface area contributed by atoms with E-state index in [1.807, 2.05) is 43.3 Å². The molecule has 0 radical (unpaired) electrons. The van der Waals surface area contributed by atoms with Gasteiger partial charge in [-0.25, -0.2) is 8.42 Å². The predicted molar refractivity (Wildman–Crippen MR) is 204 cm³/mol. The molecule has 0 atom stereocenters. The number of nitrogens with zero attached hydrogens (tertiary/aromatic N) is 1. The molecule has 0 aliphatic heterocycles. The Morgan fingerprint density at radius 2 is 1.02 bits per heavy atom. The SMILES string of the molecule is CCC(CC)Oc1ccc(N(c2ccc(Oc3ccc(S(=O)(=O)c4ccc(C)cc4)cc3)cc2)c2ccc(C)cc2C)cc1.CCCCC. The summed E-state index contributed by atoms with van der Waals surface area (Å²) in [7, 11) is -3.60. The molecule has 6 heteroatoms. The number of benzene rings is 5. The number of aryl methyl sites for hydroxylation is 3. The third kappa shape index (κ3) is 9.99. The molecule has 49 heavy (non-hydrogen) atoms. The predicted octanol–water partition coefficient (Wildman–Crippen LogP) is 12.5. The monoisotopic (exact) mass is 677 g/mol. The molecule has 0 amide bonds. The minimum atomic E-state index is -3.60. The fraction of sp³-hybridized carbons (Fsp3) is 0.302. The van der Waals surface area contributed by atoms with E-state index in [-0.39, 0.29) is 15.9 Å². The molecule has 0 aliphatic carbocycles. The summed E-state index contributed by atoms with van der Waals surface area (Å²) >= 11 is 0. The third-order valence-electron chi connectivity index (χ3n) is 8.40. The summed E-state index contributed by atoms with van der Waals surface area (Å²) in [6.07, 6.45) is 6.22. The molecule has 5 aromatic carbocycles. The summed E-state index contributed by atoms with van der Waals surface area (Å²) < 4.78 is 38.3. The Balaban J connectivity index is 0.00000101. The van der Waals surface area contributed by atoms with Crippen LogP contribution in [0.1, 0.15) is 76.5 Å². The highest BCUT2D eigenvalue weighted by molar-refractivity contribution is 7.91. The van der Waals surface area contributed by atoms with Gasteiger partial charge in [0.15, 0.2) is 0 Å². The average molecular weight is 678 g/mol. The molecule has 258 valence electrons. The van der Waals surface area contributed by atoms with E-state index in [4.69, 9.17) is 9.47 Å². The van der Waals surface area contributed by atoms with E-state index < -0.39 is 9.84 Å². The van der Waals surface area contributed by atoms with Gasteiger partial charge in [-0.05, 0) is 130 Å². The molecular formula is C43H51NO4S. The van der Waals surface area contributed by atoms with Crippen LogP contribution in [0.5, 0.6) is 17.2 Å². The molecular weight excluding hydrogens is 627 g/mol. The molecule has 0 N–H and O–H groups in total. The van der Waals surface area contributed by atoms with Crippen LogP contribution in [0.2, 0.25) is 0 Å². The van der Waals surface area contributed by atoms with Crippen LogP contribution in [0.25, 0.3) is 0 Å². The first-order valence-corrected chi connectivity index (χ1v) is 18.9. The molecule has 0 heterocycles. The van der Waals surface area contributed by atoms with E-state index >= 15 is 0 Å². The van der Waals surface area contributed by atoms with E-state index in [1.165, 1.54) is 30.4 Å². The van der Waals surface area contributed by atoms with Crippen molar-refractivity contribution in [3.8, 4) is 17.2 Å². The number of hydrogen-bond donors (Lipinski definition) is 0. The summed E-state index contributed by atoms with van der Waals surface area (Å²) in [5.41, 5.74) is 6.48. The van der Waals surface area contributed by atoms with Gasteiger partial charge in [0.25, 0.3) is 0 Å². The van der Waals surface area contributed by atoms with Gasteiger partial charge >= 0.3 is 0 Å². The zero-order chi connectivity index (χ0) is 35.4. The lowest BCUT2D eigenvalue weighted by Gasteiger charge is -2.28. The van der Waals surface area contributed by atoms with Gasteiger partial charge < -0.3 is 14.4 Å². The largest absolute Gasteiger partial charge is 0.490 e. The normalized spacial score (nSPS) is 11.1. The quantitative estimate of drug-likeness (QED) is 0.124. The maximum absolute atomic E-state index is 13.0. The topological polar surface area (TPSA) is 55.8 Å². The van der Waals surface area contributed by atoms with Crippen molar-refractivity contribution >= 4 is 26.9 Å². The molecule has 0 fully saturated rings. The van der Waals surface area contributed by atoms with Gasteiger partial charge in [0, 0.05) is 17.1 Å². The fourth-order valence-electron chi connectivity index (χ4n) is 5.50. The zero-order valence-electron chi connectivity index (χ0n) is 30.1. The first kappa shape index (κ1) is 37.3. The van der Waals surface area contributed by atoms with Crippen molar-refractivity contribution in [3.05, 3.63) is 132 Å². The Morgan fingerprint density at radius 3 is 1.47 bits per heavy atom. The van der Waals surface area contributed by atoms with Gasteiger partial charge in [-0.15, -0.1) is 0 Å². The number of ether oxygens (including phenoxy) is 2. The first-order chi connectivity index (χ1) is 23.6. The van der Waals surface area contributed by atoms with Crippen LogP contribution >= 0.6 is 0 Å². The van der Waals surface area contributed by atoms with E-state index in [0.717, 1.165) is 41.2 Å². The summed E-state index contributed by atoms with van der Waals surface area (Å²) in [4.78, 5) is 2.72. The van der Waals surface area contributed by atoms with E-state index in [9.17, 15) is 8.42 Å². The van der Waals surface area contributed by atoms with Crippen LogP contribution in [0, 0.1) is 20.8 Å². The summed E-state index contributed by atoms with van der Waals surface area (Å²) in [6.45, 7) is 14.9. The Labute approximate surface area is 294 Å². The van der Waals surface area contributed by atoms with Gasteiger partial charge in [-0.2, -0.15) is 0 Å². The second-order valence-corrected chi connectivity index (χ2v) is 14.4. The maximum Gasteiger partial charge on any atom is 0.206 e. The molecule has 5 nitrogen and oxygen atoms in total. The van der Waals surface area contributed by atoms with E-state index in [0.29, 0.717) is 11.5 Å². The molecule has 0 bridgehead atoms. The van der Waals surface area contributed by atoms with Crippen molar-refractivity contribution < 1.29 is 17.9 Å². The molecule has 0 saturated carbocycles. The minimum absolute atomic E-state index is 0.206. The summed E-state index contributed by atoms with van der Waals surface area (Å²) in [5, 5.41) is 0. The molecule has 5 aromatic rings. The van der Waals surface area contributed by atoms with Gasteiger partial charge in [-0.1, -0.05) is 82.3 Å². The van der Waals surface area contributed by atoms with E-state index in [2.05, 4.69) is 76.8 Å². The van der Waals surface area contributed by atoms with Crippen LogP contribution < -0.4 is 14.4 Å². The van der Waals surface area contributed by atoms with Crippen LogP contribution in [-0.2, 0) is 9.84 Å². The highest BCUT2D eigenvalue weighted by Crippen LogP contribution is 2.38.